The Kier molecular flexibility index (Phi) is 18.1. The van der Waals surface area contributed by atoms with E-state index in [2.05, 4.69) is 61.0 Å². The van der Waals surface area contributed by atoms with Crippen LogP contribution in [0.2, 0.25) is 0 Å². The van der Waals surface area contributed by atoms with Crippen molar-refractivity contribution >= 4 is 81.9 Å². The number of amides is 1. The third-order valence-electron chi connectivity index (χ3n) is 14.0. The third-order valence-corrected chi connectivity index (χ3v) is 14.5. The van der Waals surface area contributed by atoms with Gasteiger partial charge in [0, 0.05) is 25.1 Å². The molecule has 8 aliphatic heterocycles. The van der Waals surface area contributed by atoms with Gasteiger partial charge in [0.05, 0.1) is 18.7 Å². The second-order valence-electron chi connectivity index (χ2n) is 18.2. The predicted molar refractivity (Wildman–Crippen MR) is 264 cm³/mol. The fraction of sp³-hybridized carbons (Fsp3) is 0.480. The minimum absolute atomic E-state index is 0.156. The van der Waals surface area contributed by atoms with E-state index in [1.165, 1.54) is 79.9 Å². The van der Waals surface area contributed by atoms with Gasteiger partial charge in [0.2, 0.25) is 0 Å². The average Bonchev–Trinajstić information content (AvgIpc) is 3.34. The Morgan fingerprint density at radius 3 is 1.56 bits per heavy atom. The summed E-state index contributed by atoms with van der Waals surface area (Å²) in [7, 11) is 0. The number of piperidine rings is 6. The molecule has 4 aromatic rings. The van der Waals surface area contributed by atoms with Crippen LogP contribution in [0.4, 0.5) is 18.4 Å². The molecule has 2 N–H and O–H groups in total. The Morgan fingerprint density at radius 2 is 1.07 bits per heavy atom. The van der Waals surface area contributed by atoms with Crippen molar-refractivity contribution in [1.29, 1.82) is 0 Å². The van der Waals surface area contributed by atoms with Crippen LogP contribution in [0.15, 0.2) is 97.1 Å². The van der Waals surface area contributed by atoms with Crippen LogP contribution in [0.5, 0.6) is 0 Å². The number of ether oxygens (including phenoxy) is 3. The maximum Gasteiger partial charge on any atom is 0.515 e. The van der Waals surface area contributed by atoms with Gasteiger partial charge in [-0.3, -0.25) is 4.90 Å². The van der Waals surface area contributed by atoms with E-state index in [0.29, 0.717) is 25.2 Å². The maximum absolute atomic E-state index is 13.5. The summed E-state index contributed by atoms with van der Waals surface area (Å²) in [6.45, 7) is 9.53. The summed E-state index contributed by atoms with van der Waals surface area (Å²) < 4.78 is 35.9. The highest BCUT2D eigenvalue weighted by Gasteiger charge is 2.42. The largest absolute Gasteiger partial charge is 0.515 e. The van der Waals surface area contributed by atoms with Crippen LogP contribution >= 0.6 is 69.6 Å². The van der Waals surface area contributed by atoms with Crippen molar-refractivity contribution in [3.63, 3.8) is 0 Å². The van der Waals surface area contributed by atoms with Crippen molar-refractivity contribution in [2.45, 2.75) is 71.4 Å². The molecule has 0 aliphatic carbocycles. The van der Waals surface area contributed by atoms with Crippen LogP contribution in [0.3, 0.4) is 0 Å². The molecule has 0 saturated carbocycles. The molecule has 6 fully saturated rings. The lowest BCUT2D eigenvalue weighted by Gasteiger charge is -2.48. The molecule has 0 radical (unpaired) electrons. The lowest BCUT2D eigenvalue weighted by Crippen LogP contribution is -2.51. The first-order valence-corrected chi connectivity index (χ1v) is 25.1. The molecule has 18 heteroatoms. The number of halogens is 8. The molecular weight excluding hydrogens is 1000 g/mol. The summed E-state index contributed by atoms with van der Waals surface area (Å²) in [6, 6.07) is 29.9. The second-order valence-corrected chi connectivity index (χ2v) is 22.6. The molecule has 68 heavy (non-hydrogen) atoms. The molecule has 6 saturated heterocycles. The lowest BCUT2D eigenvalue weighted by atomic mass is 9.73. The zero-order chi connectivity index (χ0) is 48.5. The van der Waals surface area contributed by atoms with Crippen molar-refractivity contribution < 1.29 is 37.7 Å². The molecule has 0 unspecified atom stereocenters. The van der Waals surface area contributed by atoms with E-state index in [0.717, 1.165) is 75.0 Å². The number of benzene rings is 4. The highest BCUT2D eigenvalue weighted by Crippen LogP contribution is 2.42. The van der Waals surface area contributed by atoms with Crippen molar-refractivity contribution in [1.82, 2.24) is 20.0 Å². The number of nitrogens with one attached hydrogen (secondary N) is 1. The first-order valence-electron chi connectivity index (χ1n) is 22.9. The zero-order valence-corrected chi connectivity index (χ0v) is 42.0. The summed E-state index contributed by atoms with van der Waals surface area (Å²) in [5, 5.41) is 12.6. The van der Waals surface area contributed by atoms with E-state index in [1.807, 2.05) is 29.2 Å². The Hall–Kier alpha value is -3.14. The number of fused-ring (bicyclic) bond motifs is 8. The fourth-order valence-corrected chi connectivity index (χ4v) is 10.4. The normalized spacial score (nSPS) is 25.6. The van der Waals surface area contributed by atoms with E-state index < -0.39 is 14.1 Å². The minimum Gasteiger partial charge on any atom is -0.449 e. The van der Waals surface area contributed by atoms with E-state index in [-0.39, 0.29) is 35.2 Å². The van der Waals surface area contributed by atoms with Crippen molar-refractivity contribution in [3.05, 3.63) is 142 Å². The molecule has 2 atom stereocenters. The summed E-state index contributed by atoms with van der Waals surface area (Å²) >= 11 is 30.2. The Balaban J connectivity index is 0.000000148. The second kappa shape index (κ2) is 23.4. The van der Waals surface area contributed by atoms with E-state index >= 15 is 0 Å². The van der Waals surface area contributed by atoms with Crippen LogP contribution in [0, 0.1) is 22.5 Å². The smallest absolute Gasteiger partial charge is 0.449 e. The molecule has 12 rings (SSSR count). The summed E-state index contributed by atoms with van der Waals surface area (Å²) in [6.07, 6.45) is 7.23. The van der Waals surface area contributed by atoms with Crippen molar-refractivity contribution in [3.8, 4) is 0 Å². The molecule has 10 nitrogen and oxygen atoms in total. The first kappa shape index (κ1) is 52.7. The fourth-order valence-electron chi connectivity index (χ4n) is 9.98. The highest BCUT2D eigenvalue weighted by molar-refractivity contribution is 6.67. The molecule has 4 bridgehead atoms. The topological polar surface area (TPSA) is 104 Å². The lowest BCUT2D eigenvalue weighted by molar-refractivity contribution is -0.0300. The number of nitrogens with zero attached hydrogens (tertiary/aromatic N) is 3. The van der Waals surface area contributed by atoms with Gasteiger partial charge in [0.15, 0.2) is 0 Å². The molecular formula is C50H56Cl6F2N4O6. The summed E-state index contributed by atoms with van der Waals surface area (Å²) in [4.78, 5) is 30.5. The van der Waals surface area contributed by atoms with E-state index in [1.54, 1.807) is 12.1 Å². The first-order chi connectivity index (χ1) is 32.4. The number of carbonyl (C=O) groups is 2. The van der Waals surface area contributed by atoms with E-state index in [9.17, 15) is 18.4 Å². The van der Waals surface area contributed by atoms with Gasteiger partial charge in [-0.15, -0.1) is 0 Å². The van der Waals surface area contributed by atoms with Gasteiger partial charge in [-0.1, -0.05) is 72.8 Å². The average molecular weight is 1060 g/mol. The molecule has 368 valence electrons. The van der Waals surface area contributed by atoms with Gasteiger partial charge in [-0.2, -0.15) is 0 Å². The number of alkyl halides is 6. The monoisotopic (exact) mass is 1060 g/mol. The van der Waals surface area contributed by atoms with Gasteiger partial charge >= 0.3 is 20.2 Å². The zero-order valence-electron chi connectivity index (χ0n) is 37.5. The Morgan fingerprint density at radius 1 is 0.618 bits per heavy atom. The Labute approximate surface area is 427 Å². The van der Waals surface area contributed by atoms with Crippen molar-refractivity contribution in [2.24, 2.45) is 10.8 Å². The number of aliphatic hydroxyl groups excluding tert-OH is 1. The minimum atomic E-state index is -2.24. The van der Waals surface area contributed by atoms with Gasteiger partial charge in [-0.05, 0) is 223 Å². The summed E-state index contributed by atoms with van der Waals surface area (Å²) in [5.41, 5.74) is 7.58. The molecule has 0 aromatic heterocycles. The SMILES string of the molecule is Fc1ccc([C@@H]2NCCc3ccccc32)cc1.O=C(OC(Cl)(Cl)Cl)OC(Cl)(Cl)Cl.O=C(OCC12CCN(CC1)CC2)N1CCc2ccccc2[C@@H]1c1ccc(F)cc1.OCC12CCN(CC1)CC2. The van der Waals surface area contributed by atoms with Gasteiger partial charge in [0.1, 0.15) is 11.6 Å². The Bertz CT molecular complexity index is 2240. The van der Waals surface area contributed by atoms with Gasteiger partial charge in [0.25, 0.3) is 0 Å². The van der Waals surface area contributed by atoms with Crippen LogP contribution in [-0.2, 0) is 27.1 Å². The molecule has 8 aliphatic rings. The number of carbonyl (C=O) groups excluding carboxylic acids is 2. The van der Waals surface area contributed by atoms with Crippen LogP contribution in [0.1, 0.15) is 84.0 Å². The standard InChI is InChI=1S/C24H27FN2O2.C15H14FN.C8H15NO.C3Cl6O3/c25-20-7-5-19(6-8-20)22-21-4-2-1-3-18(21)9-13-27(22)23(28)29-17-24-10-14-26(15-11-24)16-12-24;16-13-7-5-12(6-8-13)15-14-4-2-1-3-11(14)9-10-17-15;10-7-8-1-4-9(5-2-8)6-3-8;4-2(5,6)11-1(10)12-3(7,8)9/h1-8,22H,9-17H2;1-8,15,17H,9-10H2;10H,1-7H2;/t22-;15-;;/m00../s1. The number of hydrogen-bond donors (Lipinski definition) is 2. The van der Waals surface area contributed by atoms with E-state index in [4.69, 9.17) is 79.4 Å². The van der Waals surface area contributed by atoms with Crippen LogP contribution < -0.4 is 5.32 Å². The third kappa shape index (κ3) is 14.5. The highest BCUT2D eigenvalue weighted by atomic mass is 35.6. The predicted octanol–water partition coefficient (Wildman–Crippen LogP) is 11.7. The van der Waals surface area contributed by atoms with Crippen LogP contribution in [0.25, 0.3) is 0 Å². The quantitative estimate of drug-likeness (QED) is 0.149. The summed E-state index contributed by atoms with van der Waals surface area (Å²) in [5.74, 6) is -0.451. The number of hydrogen-bond acceptors (Lipinski definition) is 9. The number of aliphatic hydroxyl groups is 1. The van der Waals surface area contributed by atoms with Gasteiger partial charge in [-0.25, -0.2) is 18.4 Å². The molecule has 0 spiro atoms. The maximum atomic E-state index is 13.5. The molecule has 8 heterocycles. The van der Waals surface area contributed by atoms with Crippen molar-refractivity contribution in [2.75, 3.05) is 65.6 Å². The number of rotatable bonds is 5. The van der Waals surface area contributed by atoms with Gasteiger partial charge < -0.3 is 34.4 Å². The van der Waals surface area contributed by atoms with Crippen LogP contribution in [-0.4, -0.2) is 106 Å². The molecule has 1 amide bonds. The molecule has 4 aromatic carbocycles.